The predicted molar refractivity (Wildman–Crippen MR) is 158 cm³/mol. The van der Waals surface area contributed by atoms with Gasteiger partial charge in [0, 0.05) is 17.4 Å². The van der Waals surface area contributed by atoms with Crippen LogP contribution < -0.4 is 9.47 Å². The Hall–Kier alpha value is -4.61. The Balaban J connectivity index is 1.37. The van der Waals surface area contributed by atoms with Crippen LogP contribution in [-0.2, 0) is 15.7 Å². The van der Waals surface area contributed by atoms with E-state index in [4.69, 9.17) is 14.9 Å². The number of ether oxygens (including phenoxy) is 2. The third-order valence-electron chi connectivity index (χ3n) is 6.20. The molecular weight excluding hydrogens is 502 g/mol. The Morgan fingerprint density at radius 1 is 0.718 bits per heavy atom. The minimum absolute atomic E-state index is 0.0532. The SMILES string of the molecule is C=CC(=O)CCOc1ccc(C(=N)Oc2ccc([S+](c3ccccc3)c3ccccc3)cc2)c2ccccc12. The molecule has 0 amide bonds. The number of fused-ring (bicyclic) bond motifs is 1. The fourth-order valence-corrected chi connectivity index (χ4v) is 6.38. The average molecular weight is 531 g/mol. The molecular formula is C34H28NO3S+. The topological polar surface area (TPSA) is 59.4 Å². The molecule has 4 nitrogen and oxygen atoms in total. The van der Waals surface area contributed by atoms with Gasteiger partial charge in [-0.1, -0.05) is 67.2 Å². The first-order valence-corrected chi connectivity index (χ1v) is 13.9. The molecule has 0 fully saturated rings. The summed E-state index contributed by atoms with van der Waals surface area (Å²) >= 11 is 0. The normalized spacial score (nSPS) is 10.8. The molecule has 0 saturated heterocycles. The summed E-state index contributed by atoms with van der Waals surface area (Å²) in [5, 5.41) is 10.4. The van der Waals surface area contributed by atoms with E-state index < -0.39 is 0 Å². The molecule has 0 heterocycles. The van der Waals surface area contributed by atoms with E-state index in [1.165, 1.54) is 20.8 Å². The molecule has 1 N–H and O–H groups in total. The largest absolute Gasteiger partial charge is 0.492 e. The van der Waals surface area contributed by atoms with Crippen molar-refractivity contribution in [3.8, 4) is 11.5 Å². The van der Waals surface area contributed by atoms with Crippen LogP contribution in [0.5, 0.6) is 11.5 Å². The van der Waals surface area contributed by atoms with Gasteiger partial charge in [-0.25, -0.2) is 0 Å². The minimum Gasteiger partial charge on any atom is -0.492 e. The van der Waals surface area contributed by atoms with E-state index in [-0.39, 0.29) is 35.6 Å². The summed E-state index contributed by atoms with van der Waals surface area (Å²) in [5.41, 5.74) is 0.664. The Morgan fingerprint density at radius 2 is 1.28 bits per heavy atom. The standard InChI is InChI=1S/C34H28NO3S/c1-2-25(36)23-24-37-33-22-21-32(30-15-9-10-16-31(30)33)34(35)38-26-17-19-29(20-18-26)39(27-11-5-3-6-12-27)28-13-7-4-8-14-28/h2-22,35H,1,23-24H2/q+1. The van der Waals surface area contributed by atoms with E-state index in [1.54, 1.807) is 0 Å². The Morgan fingerprint density at radius 3 is 1.90 bits per heavy atom. The van der Waals surface area contributed by atoms with Crippen LogP contribution in [0.3, 0.4) is 0 Å². The Kier molecular flexibility index (Phi) is 8.20. The summed E-state index contributed by atoms with van der Waals surface area (Å²) in [6.07, 6.45) is 1.57. The molecule has 0 radical (unpaired) electrons. The summed E-state index contributed by atoms with van der Waals surface area (Å²) in [5.74, 6) is 1.26. The minimum atomic E-state index is -0.249. The highest BCUT2D eigenvalue weighted by Crippen LogP contribution is 2.33. The number of nitrogens with one attached hydrogen (secondary N) is 1. The van der Waals surface area contributed by atoms with E-state index >= 15 is 0 Å². The summed E-state index contributed by atoms with van der Waals surface area (Å²) in [4.78, 5) is 15.2. The van der Waals surface area contributed by atoms with Gasteiger partial charge in [0.05, 0.1) is 17.5 Å². The van der Waals surface area contributed by atoms with E-state index in [0.717, 1.165) is 10.8 Å². The van der Waals surface area contributed by atoms with Gasteiger partial charge in [-0.2, -0.15) is 0 Å². The number of ketones is 1. The first kappa shape index (κ1) is 26.0. The Bertz CT molecular complexity index is 1560. The molecule has 5 aromatic carbocycles. The zero-order valence-corrected chi connectivity index (χ0v) is 22.2. The van der Waals surface area contributed by atoms with Gasteiger partial charge in [0.1, 0.15) is 11.5 Å². The van der Waals surface area contributed by atoms with Gasteiger partial charge < -0.3 is 9.47 Å². The molecule has 0 aliphatic carbocycles. The summed E-state index contributed by atoms with van der Waals surface area (Å²) in [6, 6.07) is 40.3. The van der Waals surface area contributed by atoms with Crippen LogP contribution in [0.4, 0.5) is 0 Å². The first-order valence-electron chi connectivity index (χ1n) is 12.6. The van der Waals surface area contributed by atoms with Gasteiger partial charge in [-0.15, -0.1) is 0 Å². The van der Waals surface area contributed by atoms with Crippen molar-refractivity contribution >= 4 is 33.3 Å². The molecule has 0 spiro atoms. The second-order valence-corrected chi connectivity index (χ2v) is 10.8. The average Bonchev–Trinajstić information content (AvgIpc) is 2.99. The zero-order chi connectivity index (χ0) is 27.0. The van der Waals surface area contributed by atoms with Crippen LogP contribution in [0.25, 0.3) is 10.8 Å². The Labute approximate surface area is 231 Å². The van der Waals surface area contributed by atoms with Crippen molar-refractivity contribution in [1.29, 1.82) is 5.41 Å². The molecule has 5 rings (SSSR count). The molecule has 192 valence electrons. The molecule has 0 saturated carbocycles. The lowest BCUT2D eigenvalue weighted by Gasteiger charge is -2.14. The molecule has 0 aromatic heterocycles. The van der Waals surface area contributed by atoms with Gasteiger partial charge in [0.15, 0.2) is 20.5 Å². The second-order valence-electron chi connectivity index (χ2n) is 8.76. The van der Waals surface area contributed by atoms with E-state index in [9.17, 15) is 4.79 Å². The smallest absolute Gasteiger partial charge is 0.219 e. The highest BCUT2D eigenvalue weighted by Gasteiger charge is 2.28. The maximum atomic E-state index is 11.5. The van der Waals surface area contributed by atoms with Crippen LogP contribution >= 0.6 is 0 Å². The number of hydrogen-bond acceptors (Lipinski definition) is 4. The molecule has 5 aromatic rings. The third kappa shape index (κ3) is 6.11. The van der Waals surface area contributed by atoms with Crippen molar-refractivity contribution in [2.45, 2.75) is 21.1 Å². The van der Waals surface area contributed by atoms with Crippen LogP contribution in [0.15, 0.2) is 149 Å². The van der Waals surface area contributed by atoms with Crippen LogP contribution in [-0.4, -0.2) is 18.3 Å². The maximum Gasteiger partial charge on any atom is 0.219 e. The van der Waals surface area contributed by atoms with Gasteiger partial charge in [-0.05, 0) is 72.1 Å². The number of hydrogen-bond donors (Lipinski definition) is 1. The van der Waals surface area contributed by atoms with Crippen molar-refractivity contribution in [2.24, 2.45) is 0 Å². The predicted octanol–water partition coefficient (Wildman–Crippen LogP) is 7.86. The molecule has 39 heavy (non-hydrogen) atoms. The van der Waals surface area contributed by atoms with Crippen molar-refractivity contribution in [3.63, 3.8) is 0 Å². The second kappa shape index (κ2) is 12.3. The summed E-state index contributed by atoms with van der Waals surface area (Å²) < 4.78 is 11.9. The molecule has 0 aliphatic heterocycles. The van der Waals surface area contributed by atoms with E-state index in [0.29, 0.717) is 17.1 Å². The highest BCUT2D eigenvalue weighted by atomic mass is 32.2. The van der Waals surface area contributed by atoms with E-state index in [1.807, 2.05) is 60.7 Å². The van der Waals surface area contributed by atoms with Gasteiger partial charge >= 0.3 is 0 Å². The lowest BCUT2D eigenvalue weighted by Crippen LogP contribution is -2.10. The number of rotatable bonds is 10. The molecule has 5 heteroatoms. The highest BCUT2D eigenvalue weighted by molar-refractivity contribution is 7.97. The number of carbonyl (C=O) groups excluding carboxylic acids is 1. The summed E-state index contributed by atoms with van der Waals surface area (Å²) in [6.45, 7) is 3.77. The first-order chi connectivity index (χ1) is 19.1. The van der Waals surface area contributed by atoms with Gasteiger partial charge in [0.25, 0.3) is 0 Å². The fraction of sp³-hybridized carbons (Fsp3) is 0.0588. The molecule has 0 aliphatic rings. The third-order valence-corrected chi connectivity index (χ3v) is 8.43. The number of benzene rings is 5. The number of allylic oxidation sites excluding steroid dienone is 1. The van der Waals surface area contributed by atoms with E-state index in [2.05, 4.69) is 67.2 Å². The monoisotopic (exact) mass is 530 g/mol. The van der Waals surface area contributed by atoms with Crippen LogP contribution in [0.2, 0.25) is 0 Å². The van der Waals surface area contributed by atoms with Gasteiger partial charge in [0.2, 0.25) is 5.90 Å². The lowest BCUT2D eigenvalue weighted by molar-refractivity contribution is -0.115. The van der Waals surface area contributed by atoms with Crippen molar-refractivity contribution in [1.82, 2.24) is 0 Å². The summed E-state index contributed by atoms with van der Waals surface area (Å²) in [7, 11) is -0.249. The zero-order valence-electron chi connectivity index (χ0n) is 21.4. The molecule has 0 atom stereocenters. The van der Waals surface area contributed by atoms with Crippen LogP contribution in [0, 0.1) is 5.41 Å². The number of carbonyl (C=O) groups is 1. The van der Waals surface area contributed by atoms with Gasteiger partial charge in [-0.3, -0.25) is 10.2 Å². The molecule has 0 bridgehead atoms. The fourth-order valence-electron chi connectivity index (χ4n) is 4.30. The van der Waals surface area contributed by atoms with Crippen molar-refractivity contribution in [2.75, 3.05) is 6.61 Å². The van der Waals surface area contributed by atoms with Crippen molar-refractivity contribution in [3.05, 3.63) is 140 Å². The quantitative estimate of drug-likeness (QED) is 0.0865. The molecule has 0 unspecified atom stereocenters. The lowest BCUT2D eigenvalue weighted by atomic mass is 10.0. The van der Waals surface area contributed by atoms with Crippen LogP contribution in [0.1, 0.15) is 12.0 Å². The van der Waals surface area contributed by atoms with Crippen molar-refractivity contribution < 1.29 is 14.3 Å². The maximum absolute atomic E-state index is 11.5.